The van der Waals surface area contributed by atoms with Crippen LogP contribution in [0.15, 0.2) is 36.5 Å². The summed E-state index contributed by atoms with van der Waals surface area (Å²) < 4.78 is 23.4. The van der Waals surface area contributed by atoms with E-state index in [9.17, 15) is 5.11 Å². The topological polar surface area (TPSA) is 86.6 Å². The first kappa shape index (κ1) is 26.8. The van der Waals surface area contributed by atoms with Gasteiger partial charge in [-0.3, -0.25) is 9.88 Å². The van der Waals surface area contributed by atoms with Gasteiger partial charge in [0.15, 0.2) is 5.82 Å². The Morgan fingerprint density at radius 1 is 1.09 bits per heavy atom. The van der Waals surface area contributed by atoms with Crippen LogP contribution >= 0.6 is 0 Å². The number of nitrogens with zero attached hydrogens (tertiary/aromatic N) is 5. The third-order valence-electron chi connectivity index (χ3n) is 11.4. The lowest BCUT2D eigenvalue weighted by Crippen LogP contribution is -2.51. The van der Waals surface area contributed by atoms with Gasteiger partial charge in [0.2, 0.25) is 0 Å². The third-order valence-corrected chi connectivity index (χ3v) is 11.4. The SMILES string of the molecule is Cc1cccc2cc(O)cc(-c3ncc4c(N5CC6CCC(C5)N6)nc(OC[C@@]56CCCN5[C@H]5CCC[C@H]5C6)nc4c3F)c12. The number of nitrogens with one attached hydrogen (secondary N) is 1. The number of fused-ring (bicyclic) bond motifs is 7. The van der Waals surface area contributed by atoms with Crippen molar-refractivity contribution in [1.82, 2.24) is 25.2 Å². The average Bonchev–Trinajstić information content (AvgIpc) is 3.77. The van der Waals surface area contributed by atoms with Crippen LogP contribution in [0.4, 0.5) is 10.2 Å². The van der Waals surface area contributed by atoms with Crippen LogP contribution < -0.4 is 15.0 Å². The molecule has 2 unspecified atom stereocenters. The maximum atomic E-state index is 16.8. The molecule has 0 amide bonds. The second kappa shape index (κ2) is 9.97. The van der Waals surface area contributed by atoms with E-state index in [0.717, 1.165) is 61.2 Å². The fourth-order valence-corrected chi connectivity index (χ4v) is 9.53. The summed E-state index contributed by atoms with van der Waals surface area (Å²) in [6, 6.07) is 10.9. The number of piperazine rings is 1. The molecule has 2 N–H and O–H groups in total. The van der Waals surface area contributed by atoms with Gasteiger partial charge in [0.1, 0.15) is 29.4 Å². The molecule has 0 spiro atoms. The zero-order valence-electron chi connectivity index (χ0n) is 25.2. The fraction of sp³-hybridized carbons (Fsp3) is 0.514. The molecule has 1 aliphatic carbocycles. The minimum atomic E-state index is -0.514. The standard InChI is InChI=1S/C35H39FN6O2/c1-20-5-2-6-21-13-25(43)14-26(29(20)21)31-30(36)32-27(16-37-31)33(41-17-23-9-10-24(18-41)38-23)40-34(39-32)44-19-35-11-4-12-42(35)28-8-3-7-22(28)15-35/h2,5-6,13-14,16,22-24,28,38,43H,3-4,7-12,15,17-19H2,1H3/t22-,23?,24?,28-,35-/m0/s1. The van der Waals surface area contributed by atoms with E-state index in [0.29, 0.717) is 41.5 Å². The van der Waals surface area contributed by atoms with Crippen LogP contribution in [0.25, 0.3) is 32.9 Å². The smallest absolute Gasteiger partial charge is 0.319 e. The second-order valence-corrected chi connectivity index (χ2v) is 14.0. The Morgan fingerprint density at radius 2 is 1.95 bits per heavy atom. The van der Waals surface area contributed by atoms with Crippen molar-refractivity contribution in [3.8, 4) is 23.0 Å². The average molecular weight is 595 g/mol. The lowest BCUT2D eigenvalue weighted by molar-refractivity contribution is 0.0832. The molecule has 4 aliphatic heterocycles. The number of rotatable bonds is 5. The lowest BCUT2D eigenvalue weighted by atomic mass is 9.90. The van der Waals surface area contributed by atoms with Crippen molar-refractivity contribution in [2.24, 2.45) is 5.92 Å². The second-order valence-electron chi connectivity index (χ2n) is 14.0. The van der Waals surface area contributed by atoms with Gasteiger partial charge >= 0.3 is 6.01 Å². The Balaban J connectivity index is 1.16. The highest BCUT2D eigenvalue weighted by molar-refractivity contribution is 6.01. The number of aromatic nitrogens is 3. The molecule has 4 aromatic rings. The van der Waals surface area contributed by atoms with Crippen LogP contribution in [-0.4, -0.2) is 74.9 Å². The van der Waals surface area contributed by atoms with Crippen LogP contribution in [0.1, 0.15) is 56.9 Å². The van der Waals surface area contributed by atoms with Gasteiger partial charge < -0.3 is 20.1 Å². The van der Waals surface area contributed by atoms with Crippen LogP contribution in [0.5, 0.6) is 11.8 Å². The molecule has 44 heavy (non-hydrogen) atoms. The van der Waals surface area contributed by atoms with E-state index in [1.165, 1.54) is 32.1 Å². The zero-order valence-corrected chi connectivity index (χ0v) is 25.2. The van der Waals surface area contributed by atoms with E-state index in [-0.39, 0.29) is 28.5 Å². The number of anilines is 1. The number of phenols is 1. The molecule has 2 bridgehead atoms. The number of benzene rings is 2. The summed E-state index contributed by atoms with van der Waals surface area (Å²) in [5.74, 6) is 1.02. The molecule has 5 atom stereocenters. The van der Waals surface area contributed by atoms with Crippen molar-refractivity contribution >= 4 is 27.5 Å². The lowest BCUT2D eigenvalue weighted by Gasteiger charge is -2.35. The van der Waals surface area contributed by atoms with Crippen molar-refractivity contribution in [3.63, 3.8) is 0 Å². The summed E-state index contributed by atoms with van der Waals surface area (Å²) in [4.78, 5) is 19.4. The van der Waals surface area contributed by atoms with Crippen molar-refractivity contribution in [2.75, 3.05) is 31.1 Å². The Hall–Kier alpha value is -3.56. The van der Waals surface area contributed by atoms with Crippen LogP contribution in [0.2, 0.25) is 0 Å². The van der Waals surface area contributed by atoms with Gasteiger partial charge in [-0.1, -0.05) is 24.6 Å². The van der Waals surface area contributed by atoms with Crippen LogP contribution in [-0.2, 0) is 0 Å². The summed E-state index contributed by atoms with van der Waals surface area (Å²) in [6.45, 7) is 5.29. The van der Waals surface area contributed by atoms with Gasteiger partial charge in [-0.15, -0.1) is 0 Å². The number of halogens is 1. The molecule has 5 aliphatic rings. The van der Waals surface area contributed by atoms with Gasteiger partial charge in [-0.25, -0.2) is 4.39 Å². The highest BCUT2D eigenvalue weighted by atomic mass is 19.1. The van der Waals surface area contributed by atoms with Gasteiger partial charge in [0.25, 0.3) is 0 Å². The molecule has 8 nitrogen and oxygen atoms in total. The van der Waals surface area contributed by atoms with Gasteiger partial charge in [-0.05, 0) is 92.8 Å². The number of hydrogen-bond donors (Lipinski definition) is 2. The number of ether oxygens (including phenoxy) is 1. The first-order valence-electron chi connectivity index (χ1n) is 16.5. The number of aromatic hydroxyl groups is 1. The molecule has 4 saturated heterocycles. The highest BCUT2D eigenvalue weighted by Crippen LogP contribution is 2.51. The number of hydrogen-bond acceptors (Lipinski definition) is 8. The number of pyridine rings is 1. The molecular formula is C35H39FN6O2. The van der Waals surface area contributed by atoms with Crippen LogP contribution in [0, 0.1) is 18.7 Å². The van der Waals surface area contributed by atoms with E-state index >= 15 is 4.39 Å². The molecule has 6 heterocycles. The molecule has 2 aromatic carbocycles. The van der Waals surface area contributed by atoms with E-state index in [1.807, 2.05) is 25.1 Å². The zero-order chi connectivity index (χ0) is 29.6. The largest absolute Gasteiger partial charge is 0.508 e. The summed E-state index contributed by atoms with van der Waals surface area (Å²) in [6.07, 6.45) is 11.4. The predicted molar refractivity (Wildman–Crippen MR) is 169 cm³/mol. The minimum Gasteiger partial charge on any atom is -0.508 e. The van der Waals surface area contributed by atoms with E-state index in [1.54, 1.807) is 18.3 Å². The summed E-state index contributed by atoms with van der Waals surface area (Å²) in [7, 11) is 0. The third kappa shape index (κ3) is 4.11. The Labute approximate surface area is 256 Å². The highest BCUT2D eigenvalue weighted by Gasteiger charge is 2.55. The summed E-state index contributed by atoms with van der Waals surface area (Å²) in [5, 5.41) is 16.6. The quantitative estimate of drug-likeness (QED) is 0.303. The molecule has 2 aromatic heterocycles. The molecule has 9 heteroatoms. The Kier molecular flexibility index (Phi) is 6.08. The molecule has 228 valence electrons. The Bertz CT molecular complexity index is 1790. The molecule has 5 fully saturated rings. The minimum absolute atomic E-state index is 0.0301. The van der Waals surface area contributed by atoms with Gasteiger partial charge in [-0.2, -0.15) is 9.97 Å². The van der Waals surface area contributed by atoms with E-state index < -0.39 is 5.82 Å². The first-order chi connectivity index (χ1) is 21.5. The van der Waals surface area contributed by atoms with Crippen molar-refractivity contribution < 1.29 is 14.2 Å². The Morgan fingerprint density at radius 3 is 2.82 bits per heavy atom. The first-order valence-corrected chi connectivity index (χ1v) is 16.5. The van der Waals surface area contributed by atoms with Crippen molar-refractivity contribution in [1.29, 1.82) is 0 Å². The normalized spacial score (nSPS) is 29.5. The maximum absolute atomic E-state index is 16.8. The number of aryl methyl sites for hydroxylation is 1. The van der Waals surface area contributed by atoms with Gasteiger partial charge in [0, 0.05) is 43.0 Å². The molecule has 9 rings (SSSR count). The van der Waals surface area contributed by atoms with Gasteiger partial charge in [0.05, 0.1) is 10.9 Å². The van der Waals surface area contributed by atoms with E-state index in [2.05, 4.69) is 20.1 Å². The summed E-state index contributed by atoms with van der Waals surface area (Å²) in [5.41, 5.74) is 1.97. The monoisotopic (exact) mass is 594 g/mol. The maximum Gasteiger partial charge on any atom is 0.319 e. The number of phenolic OH excluding ortho intramolecular Hbond substituents is 1. The molecule has 1 saturated carbocycles. The van der Waals surface area contributed by atoms with Crippen LogP contribution in [0.3, 0.4) is 0 Å². The van der Waals surface area contributed by atoms with E-state index in [4.69, 9.17) is 14.7 Å². The summed E-state index contributed by atoms with van der Waals surface area (Å²) >= 11 is 0. The van der Waals surface area contributed by atoms with Crippen molar-refractivity contribution in [2.45, 2.75) is 82.0 Å². The fourth-order valence-electron chi connectivity index (χ4n) is 9.53. The predicted octanol–water partition coefficient (Wildman–Crippen LogP) is 5.72. The van der Waals surface area contributed by atoms with Crippen molar-refractivity contribution in [3.05, 3.63) is 47.9 Å². The molecular weight excluding hydrogens is 555 g/mol. The molecule has 0 radical (unpaired) electrons.